The summed E-state index contributed by atoms with van der Waals surface area (Å²) in [5, 5.41) is 1.64. The van der Waals surface area contributed by atoms with E-state index in [4.69, 9.17) is 4.43 Å². The quantitative estimate of drug-likeness (QED) is 0.481. The molecule has 13 heavy (non-hydrogen) atoms. The molecule has 0 rings (SSSR count). The molecule has 3 heteroatoms. The fourth-order valence-electron chi connectivity index (χ4n) is 0.896. The first-order valence-electron chi connectivity index (χ1n) is 5.45. The van der Waals surface area contributed by atoms with Gasteiger partial charge in [0.15, 0.2) is 0 Å². The van der Waals surface area contributed by atoms with Crippen LogP contribution in [0.5, 0.6) is 0 Å². The van der Waals surface area contributed by atoms with Crippen molar-refractivity contribution in [2.24, 2.45) is 0 Å². The first-order chi connectivity index (χ1) is 5.81. The third kappa shape index (κ3) is 5.27. The van der Waals surface area contributed by atoms with Gasteiger partial charge < -0.3 is 0 Å². The number of hydrogen-bond donors (Lipinski definition) is 0. The van der Waals surface area contributed by atoms with Crippen molar-refractivity contribution in [2.75, 3.05) is 6.61 Å². The normalized spacial score (nSPS) is 13.5. The molecule has 0 aromatic carbocycles. The zero-order valence-electron chi connectivity index (χ0n) is 10.2. The Labute approximate surface area is 94.0 Å². The van der Waals surface area contributed by atoms with Gasteiger partial charge in [-0.2, -0.15) is 0 Å². The summed E-state index contributed by atoms with van der Waals surface area (Å²) in [5.74, 6) is 0. The van der Waals surface area contributed by atoms with Crippen LogP contribution in [0.4, 0.5) is 0 Å². The number of unbranched alkanes of at least 4 members (excludes halogenated alkanes) is 1. The van der Waals surface area contributed by atoms with E-state index in [1.165, 1.54) is 17.9 Å². The Kier molecular flexibility index (Phi) is 5.94. The second-order valence-corrected chi connectivity index (χ2v) is 10.1. The van der Waals surface area contributed by atoms with Gasteiger partial charge in [-0.1, -0.05) is 0 Å². The van der Waals surface area contributed by atoms with Crippen LogP contribution >= 0.6 is 0 Å². The summed E-state index contributed by atoms with van der Waals surface area (Å²) >= 11 is 2.23. The third-order valence-electron chi connectivity index (χ3n) is 3.02. The van der Waals surface area contributed by atoms with Crippen LogP contribution in [-0.2, 0) is 4.43 Å². The average molecular weight is 194 g/mol. The molecule has 0 aliphatic rings. The summed E-state index contributed by atoms with van der Waals surface area (Å²) in [4.78, 5) is 0. The summed E-state index contributed by atoms with van der Waals surface area (Å²) in [6, 6.07) is 0. The van der Waals surface area contributed by atoms with E-state index in [0.29, 0.717) is 5.04 Å². The Bertz CT molecular complexity index is 140. The Hall–Kier alpha value is 0.774. The van der Waals surface area contributed by atoms with Crippen molar-refractivity contribution in [3.05, 3.63) is 0 Å². The maximum atomic E-state index is 6.03. The number of hydrogen-bond acceptors (Lipinski definition) is 1. The minimum absolute atomic E-state index is 0.360. The van der Waals surface area contributed by atoms with Gasteiger partial charge in [0.2, 0.25) is 0 Å². The summed E-state index contributed by atoms with van der Waals surface area (Å²) in [6.07, 6.45) is 2.53. The standard InChI is InChI=1S/C10H23OSi.Li/c1-7-8-9-11-12(5,6)10(2,3)4;/h1,7-9H2,2-6H3;. The molecule has 0 heterocycles. The van der Waals surface area contributed by atoms with Gasteiger partial charge in [0.05, 0.1) is 0 Å². The van der Waals surface area contributed by atoms with Gasteiger partial charge in [-0.25, -0.2) is 0 Å². The van der Waals surface area contributed by atoms with Crippen molar-refractivity contribution < 1.29 is 4.43 Å². The van der Waals surface area contributed by atoms with Crippen LogP contribution in [0.2, 0.25) is 23.2 Å². The van der Waals surface area contributed by atoms with Crippen LogP contribution in [0, 0.1) is 0 Å². The Balaban J connectivity index is 3.77. The molecule has 1 nitrogen and oxygen atoms in total. The van der Waals surface area contributed by atoms with E-state index >= 15 is 0 Å². The van der Waals surface area contributed by atoms with Gasteiger partial charge in [0.25, 0.3) is 0 Å². The topological polar surface area (TPSA) is 9.23 Å². The first-order valence-corrected chi connectivity index (χ1v) is 8.36. The van der Waals surface area contributed by atoms with Crippen molar-refractivity contribution in [1.82, 2.24) is 0 Å². The molecule has 0 N–H and O–H groups in total. The van der Waals surface area contributed by atoms with E-state index in [0.717, 1.165) is 6.61 Å². The molecular formula is C10H23LiOSi. The van der Waals surface area contributed by atoms with Crippen LogP contribution in [0.1, 0.15) is 33.6 Å². The van der Waals surface area contributed by atoms with E-state index in [1.807, 2.05) is 0 Å². The van der Waals surface area contributed by atoms with E-state index in [2.05, 4.69) is 51.6 Å². The molecule has 0 amide bonds. The van der Waals surface area contributed by atoms with Crippen molar-refractivity contribution in [2.45, 2.75) is 56.8 Å². The molecule has 0 unspecified atom stereocenters. The zero-order valence-corrected chi connectivity index (χ0v) is 11.2. The maximum absolute atomic E-state index is 6.03. The van der Waals surface area contributed by atoms with Crippen LogP contribution in [0.25, 0.3) is 0 Å². The number of rotatable bonds is 5. The summed E-state index contributed by atoms with van der Waals surface area (Å²) < 4.78 is 6.03. The second-order valence-electron chi connectivity index (χ2n) is 5.32. The molecule has 0 aromatic rings. The predicted octanol–water partition coefficient (Wildman–Crippen LogP) is 3.38. The SMILES string of the molecule is [Li][CH2]CCCO[Si](C)(C)C(C)(C)C. The summed E-state index contributed by atoms with van der Waals surface area (Å²) in [5.41, 5.74) is 0. The van der Waals surface area contributed by atoms with Gasteiger partial charge in [0.1, 0.15) is 0 Å². The van der Waals surface area contributed by atoms with Crippen LogP contribution in [-0.4, -0.2) is 32.6 Å². The van der Waals surface area contributed by atoms with Gasteiger partial charge in [0, 0.05) is 0 Å². The molecule has 0 atom stereocenters. The fraction of sp³-hybridized carbons (Fsp3) is 1.00. The molecule has 0 aliphatic carbocycles. The zero-order chi connectivity index (χ0) is 10.5. The minimum atomic E-state index is -1.45. The van der Waals surface area contributed by atoms with Gasteiger partial charge in [-0.05, 0) is 0 Å². The average Bonchev–Trinajstić information content (AvgIpc) is 1.96. The van der Waals surface area contributed by atoms with Gasteiger partial charge >= 0.3 is 93.9 Å². The van der Waals surface area contributed by atoms with Crippen LogP contribution in [0.3, 0.4) is 0 Å². The van der Waals surface area contributed by atoms with Crippen molar-refractivity contribution in [1.29, 1.82) is 0 Å². The van der Waals surface area contributed by atoms with Crippen molar-refractivity contribution in [3.8, 4) is 0 Å². The molecule has 0 aliphatic heterocycles. The van der Waals surface area contributed by atoms with E-state index in [1.54, 1.807) is 0 Å². The fourth-order valence-corrected chi connectivity index (χ4v) is 1.98. The van der Waals surface area contributed by atoms with Crippen LogP contribution in [0.15, 0.2) is 0 Å². The molecule has 0 aromatic heterocycles. The van der Waals surface area contributed by atoms with Gasteiger partial charge in [-0.15, -0.1) is 0 Å². The van der Waals surface area contributed by atoms with E-state index < -0.39 is 8.32 Å². The predicted molar refractivity (Wildman–Crippen MR) is 62.9 cm³/mol. The summed E-state index contributed by atoms with van der Waals surface area (Å²) in [7, 11) is -1.45. The van der Waals surface area contributed by atoms with Crippen LogP contribution < -0.4 is 0 Å². The molecule has 74 valence electrons. The van der Waals surface area contributed by atoms with E-state index in [-0.39, 0.29) is 0 Å². The van der Waals surface area contributed by atoms with Crippen molar-refractivity contribution in [3.63, 3.8) is 0 Å². The Morgan fingerprint density at radius 3 is 2.08 bits per heavy atom. The molecule has 0 saturated heterocycles. The first kappa shape index (κ1) is 13.8. The Morgan fingerprint density at radius 2 is 1.69 bits per heavy atom. The second kappa shape index (κ2) is 5.61. The third-order valence-corrected chi connectivity index (χ3v) is 7.56. The summed E-state index contributed by atoms with van der Waals surface area (Å²) in [6.45, 7) is 12.5. The van der Waals surface area contributed by atoms with Crippen molar-refractivity contribution >= 4 is 26.0 Å². The Morgan fingerprint density at radius 1 is 1.15 bits per heavy atom. The molecule has 0 radical (unpaired) electrons. The molecular weight excluding hydrogens is 171 g/mol. The molecule has 0 fully saturated rings. The molecule has 0 bridgehead atoms. The molecule has 0 saturated carbocycles. The monoisotopic (exact) mass is 194 g/mol. The van der Waals surface area contributed by atoms with Gasteiger partial charge in [-0.3, -0.25) is 0 Å². The van der Waals surface area contributed by atoms with E-state index in [9.17, 15) is 0 Å². The molecule has 0 spiro atoms.